The maximum absolute atomic E-state index is 2.47. The normalized spacial score (nSPS) is 12.4. The van der Waals surface area contributed by atoms with Crippen LogP contribution in [0.4, 0.5) is 34.1 Å². The summed E-state index contributed by atoms with van der Waals surface area (Å²) < 4.78 is 0. The number of benzene rings is 11. The Labute approximate surface area is 393 Å². The van der Waals surface area contributed by atoms with Gasteiger partial charge in [0.2, 0.25) is 0 Å². The topological polar surface area (TPSA) is 6.48 Å². The van der Waals surface area contributed by atoms with E-state index in [-0.39, 0.29) is 5.41 Å². The summed E-state index contributed by atoms with van der Waals surface area (Å²) in [6, 6.07) is 93.4. The first-order chi connectivity index (χ1) is 33.0. The zero-order valence-corrected chi connectivity index (χ0v) is 37.6. The van der Waals surface area contributed by atoms with Crippen LogP contribution >= 0.6 is 0 Å². The van der Waals surface area contributed by atoms with E-state index in [9.17, 15) is 0 Å². The van der Waals surface area contributed by atoms with E-state index in [1.54, 1.807) is 0 Å². The Morgan fingerprint density at radius 2 is 0.761 bits per heavy atom. The lowest BCUT2D eigenvalue weighted by Gasteiger charge is -2.32. The fourth-order valence-corrected chi connectivity index (χ4v) is 10.7. The summed E-state index contributed by atoms with van der Waals surface area (Å²) in [5.41, 5.74) is 18.7. The molecule has 2 heteroatoms. The lowest BCUT2D eigenvalue weighted by Crippen LogP contribution is -2.17. The number of fused-ring (bicyclic) bond motifs is 5. The van der Waals surface area contributed by atoms with Crippen LogP contribution in [0.5, 0.6) is 0 Å². The van der Waals surface area contributed by atoms with Crippen molar-refractivity contribution < 1.29 is 0 Å². The number of hydrogen-bond donors (Lipinski definition) is 0. The molecule has 11 aromatic carbocycles. The number of para-hydroxylation sites is 2. The molecular weight excluding hydrogens is 809 g/mol. The van der Waals surface area contributed by atoms with E-state index in [0.29, 0.717) is 0 Å². The molecule has 67 heavy (non-hydrogen) atoms. The van der Waals surface area contributed by atoms with Gasteiger partial charge in [0.05, 0.1) is 5.69 Å². The number of anilines is 6. The molecule has 0 radical (unpaired) electrons. The molecular formula is C65H48N2. The highest BCUT2D eigenvalue weighted by Crippen LogP contribution is 2.52. The quantitative estimate of drug-likeness (QED) is 0.143. The molecule has 12 rings (SSSR count). The second-order valence-electron chi connectivity index (χ2n) is 18.1. The highest BCUT2D eigenvalue weighted by molar-refractivity contribution is 6.07. The van der Waals surface area contributed by atoms with E-state index in [1.165, 1.54) is 71.6 Å². The lowest BCUT2D eigenvalue weighted by atomic mass is 9.82. The van der Waals surface area contributed by atoms with Gasteiger partial charge in [-0.3, -0.25) is 0 Å². The van der Waals surface area contributed by atoms with E-state index in [1.807, 2.05) is 0 Å². The van der Waals surface area contributed by atoms with Crippen molar-refractivity contribution in [1.82, 2.24) is 0 Å². The summed E-state index contributed by atoms with van der Waals surface area (Å²) in [4.78, 5) is 4.92. The lowest BCUT2D eigenvalue weighted by molar-refractivity contribution is 0.660. The maximum atomic E-state index is 2.47. The molecule has 0 saturated carbocycles. The van der Waals surface area contributed by atoms with Gasteiger partial charge in [-0.25, -0.2) is 0 Å². The summed E-state index contributed by atoms with van der Waals surface area (Å²) in [5, 5.41) is 4.84. The average molecular weight is 857 g/mol. The Hall–Kier alpha value is -8.46. The van der Waals surface area contributed by atoms with Crippen LogP contribution in [-0.4, -0.2) is 0 Å². The zero-order valence-electron chi connectivity index (χ0n) is 37.6. The first-order valence-corrected chi connectivity index (χ1v) is 23.3. The molecule has 0 atom stereocenters. The average Bonchev–Trinajstić information content (AvgIpc) is 3.62. The molecule has 11 aromatic rings. The SMILES string of the molecule is CC1(C)c2ccccc2-c2ccc(N(c3ccccc3)c3cc(-c4ccc5ccccc5c4-c4ccccc4)cc(N(c4ccccc4)c4ccc5ccccc5c4-c4ccccc4)c3)cc21. The molecule has 1 aliphatic carbocycles. The molecule has 0 fully saturated rings. The molecule has 0 spiro atoms. The third-order valence-electron chi connectivity index (χ3n) is 13.8. The monoisotopic (exact) mass is 856 g/mol. The van der Waals surface area contributed by atoms with Crippen molar-refractivity contribution in [2.24, 2.45) is 0 Å². The number of nitrogens with zero attached hydrogens (tertiary/aromatic N) is 2. The predicted molar refractivity (Wildman–Crippen MR) is 285 cm³/mol. The van der Waals surface area contributed by atoms with Crippen LogP contribution in [0, 0.1) is 0 Å². The van der Waals surface area contributed by atoms with Crippen LogP contribution in [0.15, 0.2) is 255 Å². The van der Waals surface area contributed by atoms with Crippen molar-refractivity contribution in [2.75, 3.05) is 9.80 Å². The summed E-state index contributed by atoms with van der Waals surface area (Å²) in [7, 11) is 0. The van der Waals surface area contributed by atoms with Crippen molar-refractivity contribution in [1.29, 1.82) is 0 Å². The van der Waals surface area contributed by atoms with Gasteiger partial charge in [-0.05, 0) is 132 Å². The van der Waals surface area contributed by atoms with Gasteiger partial charge in [0, 0.05) is 39.4 Å². The van der Waals surface area contributed by atoms with Gasteiger partial charge in [0.1, 0.15) is 0 Å². The van der Waals surface area contributed by atoms with Gasteiger partial charge in [-0.15, -0.1) is 0 Å². The third kappa shape index (κ3) is 6.97. The van der Waals surface area contributed by atoms with E-state index in [0.717, 1.165) is 39.7 Å². The van der Waals surface area contributed by atoms with Gasteiger partial charge in [-0.1, -0.05) is 208 Å². The minimum absolute atomic E-state index is 0.166. The largest absolute Gasteiger partial charge is 0.310 e. The standard InChI is InChI=1S/C65H48N2/c1-65(2)60-34-20-19-33-58(60)59-39-37-52(44-61(59)65)66(50-27-11-5-12-28-50)53-41-49(57-38-35-45-21-15-17-31-55(45)63(57)47-23-7-3-8-24-47)42-54(43-53)67(51-29-13-6-14-30-51)62-40-36-46-22-16-18-32-56(46)64(62)48-25-9-4-10-26-48/h3-44H,1-2H3. The first-order valence-electron chi connectivity index (χ1n) is 23.3. The van der Waals surface area contributed by atoms with E-state index < -0.39 is 0 Å². The van der Waals surface area contributed by atoms with Crippen LogP contribution in [0.25, 0.3) is 66.1 Å². The predicted octanol–water partition coefficient (Wildman–Crippen LogP) is 18.2. The molecule has 0 aromatic heterocycles. The summed E-state index contributed by atoms with van der Waals surface area (Å²) in [6.45, 7) is 4.73. The molecule has 0 aliphatic heterocycles. The van der Waals surface area contributed by atoms with Crippen LogP contribution in [-0.2, 0) is 5.41 Å². The van der Waals surface area contributed by atoms with Crippen LogP contribution in [0.2, 0.25) is 0 Å². The van der Waals surface area contributed by atoms with Crippen molar-refractivity contribution in [3.63, 3.8) is 0 Å². The third-order valence-corrected chi connectivity index (χ3v) is 13.8. The number of hydrogen-bond acceptors (Lipinski definition) is 2. The molecule has 318 valence electrons. The number of rotatable bonds is 9. The first kappa shape index (κ1) is 40.1. The van der Waals surface area contributed by atoms with Crippen LogP contribution < -0.4 is 9.80 Å². The molecule has 0 heterocycles. The Kier molecular flexibility index (Phi) is 9.88. The minimum Gasteiger partial charge on any atom is -0.310 e. The fourth-order valence-electron chi connectivity index (χ4n) is 10.7. The molecule has 0 bridgehead atoms. The van der Waals surface area contributed by atoms with Gasteiger partial charge < -0.3 is 9.80 Å². The Morgan fingerprint density at radius 1 is 0.284 bits per heavy atom. The molecule has 2 nitrogen and oxygen atoms in total. The van der Waals surface area contributed by atoms with Gasteiger partial charge in [0.25, 0.3) is 0 Å². The van der Waals surface area contributed by atoms with Crippen molar-refractivity contribution in [3.05, 3.63) is 266 Å². The van der Waals surface area contributed by atoms with E-state index in [4.69, 9.17) is 0 Å². The summed E-state index contributed by atoms with van der Waals surface area (Å²) >= 11 is 0. The molecule has 0 amide bonds. The maximum Gasteiger partial charge on any atom is 0.0546 e. The zero-order chi connectivity index (χ0) is 44.9. The Balaban J connectivity index is 1.18. The van der Waals surface area contributed by atoms with Crippen molar-refractivity contribution in [2.45, 2.75) is 19.3 Å². The van der Waals surface area contributed by atoms with Gasteiger partial charge in [0.15, 0.2) is 0 Å². The summed E-state index contributed by atoms with van der Waals surface area (Å²) in [6.07, 6.45) is 0. The molecule has 1 aliphatic rings. The smallest absolute Gasteiger partial charge is 0.0546 e. The second kappa shape index (κ2) is 16.5. The fraction of sp³-hybridized carbons (Fsp3) is 0.0462. The molecule has 0 N–H and O–H groups in total. The second-order valence-corrected chi connectivity index (χ2v) is 18.1. The highest BCUT2D eigenvalue weighted by atomic mass is 15.2. The van der Waals surface area contributed by atoms with Crippen LogP contribution in [0.1, 0.15) is 25.0 Å². The highest BCUT2D eigenvalue weighted by Gasteiger charge is 2.36. The van der Waals surface area contributed by atoms with E-state index >= 15 is 0 Å². The Morgan fingerprint density at radius 3 is 1.42 bits per heavy atom. The Bertz CT molecular complexity index is 3600. The van der Waals surface area contributed by atoms with Crippen LogP contribution in [0.3, 0.4) is 0 Å². The van der Waals surface area contributed by atoms with E-state index in [2.05, 4.69) is 278 Å². The summed E-state index contributed by atoms with van der Waals surface area (Å²) in [5.74, 6) is 0. The van der Waals surface area contributed by atoms with Gasteiger partial charge in [-0.2, -0.15) is 0 Å². The molecule has 0 saturated heterocycles. The van der Waals surface area contributed by atoms with Crippen molar-refractivity contribution in [3.8, 4) is 44.5 Å². The minimum atomic E-state index is -0.166. The van der Waals surface area contributed by atoms with Crippen molar-refractivity contribution >= 4 is 55.7 Å². The molecule has 0 unspecified atom stereocenters. The van der Waals surface area contributed by atoms with Gasteiger partial charge >= 0.3 is 0 Å².